The summed E-state index contributed by atoms with van der Waals surface area (Å²) in [6, 6.07) is 9.49. The predicted molar refractivity (Wildman–Crippen MR) is 104 cm³/mol. The van der Waals surface area contributed by atoms with Crippen LogP contribution < -0.4 is 5.32 Å². The van der Waals surface area contributed by atoms with Crippen molar-refractivity contribution in [2.24, 2.45) is 0 Å². The summed E-state index contributed by atoms with van der Waals surface area (Å²) in [7, 11) is -3.73. The van der Waals surface area contributed by atoms with Crippen LogP contribution in [-0.2, 0) is 10.0 Å². The van der Waals surface area contributed by atoms with Crippen LogP contribution in [0.15, 0.2) is 47.4 Å². The topological polar surface area (TPSA) is 66.5 Å². The zero-order valence-electron chi connectivity index (χ0n) is 15.4. The van der Waals surface area contributed by atoms with Crippen LogP contribution in [0, 0.1) is 5.82 Å². The summed E-state index contributed by atoms with van der Waals surface area (Å²) in [6.07, 6.45) is 0. The van der Waals surface area contributed by atoms with E-state index >= 15 is 0 Å². The number of nitrogens with one attached hydrogen (secondary N) is 1. The van der Waals surface area contributed by atoms with Gasteiger partial charge in [-0.05, 0) is 31.2 Å². The number of carbonyl (C=O) groups is 1. The third-order valence-electron chi connectivity index (χ3n) is 4.24. The average Bonchev–Trinajstić information content (AvgIpc) is 2.62. The van der Waals surface area contributed by atoms with Gasteiger partial charge in [-0.15, -0.1) is 0 Å². The Morgan fingerprint density at radius 3 is 2.41 bits per heavy atom. The van der Waals surface area contributed by atoms with Crippen molar-refractivity contribution in [1.82, 2.24) is 9.62 Å². The number of amides is 1. The van der Waals surface area contributed by atoms with Gasteiger partial charge in [0.1, 0.15) is 5.82 Å². The maximum absolute atomic E-state index is 13.9. The molecular formula is C19H22ClFN2O3S. The molecule has 0 aliphatic rings. The van der Waals surface area contributed by atoms with E-state index in [9.17, 15) is 17.6 Å². The van der Waals surface area contributed by atoms with Crippen molar-refractivity contribution in [3.05, 3.63) is 64.4 Å². The molecule has 0 bridgehead atoms. The Morgan fingerprint density at radius 2 is 1.81 bits per heavy atom. The number of halogens is 2. The predicted octanol–water partition coefficient (Wildman–Crippen LogP) is 4.00. The molecule has 0 aliphatic carbocycles. The van der Waals surface area contributed by atoms with Crippen LogP contribution in [-0.4, -0.2) is 31.7 Å². The molecular weight excluding hydrogens is 391 g/mol. The second-order valence-electron chi connectivity index (χ2n) is 5.95. The fourth-order valence-corrected chi connectivity index (χ4v) is 4.42. The van der Waals surface area contributed by atoms with Crippen molar-refractivity contribution in [3.8, 4) is 0 Å². The highest BCUT2D eigenvalue weighted by Crippen LogP contribution is 2.24. The number of sulfonamides is 1. The lowest BCUT2D eigenvalue weighted by Gasteiger charge is -2.19. The SMILES string of the molecule is CCN(CC)S(=O)(=O)c1ccc(Cl)c(C(=O)N[C@@H](C)c2ccccc2F)c1. The quantitative estimate of drug-likeness (QED) is 0.747. The van der Waals surface area contributed by atoms with E-state index < -0.39 is 27.8 Å². The van der Waals surface area contributed by atoms with Gasteiger partial charge in [0.15, 0.2) is 0 Å². The largest absolute Gasteiger partial charge is 0.345 e. The van der Waals surface area contributed by atoms with Gasteiger partial charge in [0.2, 0.25) is 10.0 Å². The Labute approximate surface area is 164 Å². The Bertz CT molecular complexity index is 930. The lowest BCUT2D eigenvalue weighted by atomic mass is 10.1. The van der Waals surface area contributed by atoms with Crippen LogP contribution in [0.3, 0.4) is 0 Å². The molecule has 0 saturated heterocycles. The van der Waals surface area contributed by atoms with Crippen molar-refractivity contribution >= 4 is 27.5 Å². The maximum atomic E-state index is 13.9. The average molecular weight is 413 g/mol. The molecule has 1 amide bonds. The van der Waals surface area contributed by atoms with Gasteiger partial charge in [0.25, 0.3) is 5.91 Å². The summed E-state index contributed by atoms with van der Waals surface area (Å²) < 4.78 is 40.5. The lowest BCUT2D eigenvalue weighted by Crippen LogP contribution is -2.31. The van der Waals surface area contributed by atoms with Crippen LogP contribution in [0.1, 0.15) is 42.7 Å². The molecule has 8 heteroatoms. The fourth-order valence-electron chi connectivity index (χ4n) is 2.73. The Balaban J connectivity index is 2.33. The number of hydrogen-bond donors (Lipinski definition) is 1. The molecule has 0 saturated carbocycles. The van der Waals surface area contributed by atoms with E-state index in [1.54, 1.807) is 39.0 Å². The summed E-state index contributed by atoms with van der Waals surface area (Å²) >= 11 is 6.11. The molecule has 2 aromatic carbocycles. The van der Waals surface area contributed by atoms with Gasteiger partial charge >= 0.3 is 0 Å². The van der Waals surface area contributed by atoms with Crippen molar-refractivity contribution in [1.29, 1.82) is 0 Å². The van der Waals surface area contributed by atoms with E-state index in [0.717, 1.165) is 0 Å². The van der Waals surface area contributed by atoms with E-state index in [4.69, 9.17) is 11.6 Å². The Hall–Kier alpha value is -1.96. The third-order valence-corrected chi connectivity index (χ3v) is 6.62. The summed E-state index contributed by atoms with van der Waals surface area (Å²) in [4.78, 5) is 12.6. The Kier molecular flexibility index (Phi) is 6.97. The summed E-state index contributed by atoms with van der Waals surface area (Å²) in [6.45, 7) is 5.74. The minimum atomic E-state index is -3.73. The summed E-state index contributed by atoms with van der Waals surface area (Å²) in [5.41, 5.74) is 0.349. The molecule has 27 heavy (non-hydrogen) atoms. The second-order valence-corrected chi connectivity index (χ2v) is 8.29. The molecule has 146 valence electrons. The highest BCUT2D eigenvalue weighted by atomic mass is 35.5. The zero-order valence-corrected chi connectivity index (χ0v) is 16.9. The summed E-state index contributed by atoms with van der Waals surface area (Å²) in [5.74, 6) is -1.01. The standard InChI is InChI=1S/C19H22ClFN2O3S/c1-4-23(5-2)27(25,26)14-10-11-17(20)16(12-14)19(24)22-13(3)15-8-6-7-9-18(15)21/h6-13H,4-5H2,1-3H3,(H,22,24)/t13-/m0/s1. The van der Waals surface area contributed by atoms with Crippen LogP contribution in [0.25, 0.3) is 0 Å². The van der Waals surface area contributed by atoms with Gasteiger partial charge in [-0.3, -0.25) is 4.79 Å². The first-order valence-electron chi connectivity index (χ1n) is 8.57. The first kappa shape index (κ1) is 21.3. The third kappa shape index (κ3) is 4.66. The van der Waals surface area contributed by atoms with E-state index in [1.807, 2.05) is 0 Å². The van der Waals surface area contributed by atoms with Gasteiger partial charge in [0, 0.05) is 18.7 Å². The van der Waals surface area contributed by atoms with Crippen molar-refractivity contribution in [2.45, 2.75) is 31.7 Å². The zero-order chi connectivity index (χ0) is 20.2. The van der Waals surface area contributed by atoms with Gasteiger partial charge in [-0.2, -0.15) is 4.31 Å². The van der Waals surface area contributed by atoms with Crippen LogP contribution in [0.2, 0.25) is 5.02 Å². The molecule has 0 radical (unpaired) electrons. The highest BCUT2D eigenvalue weighted by molar-refractivity contribution is 7.89. The number of rotatable bonds is 7. The minimum Gasteiger partial charge on any atom is -0.345 e. The van der Waals surface area contributed by atoms with E-state index in [0.29, 0.717) is 18.7 Å². The second kappa shape index (κ2) is 8.82. The van der Waals surface area contributed by atoms with E-state index in [1.165, 1.54) is 28.6 Å². The molecule has 0 heterocycles. The molecule has 0 aromatic heterocycles. The number of benzene rings is 2. The van der Waals surface area contributed by atoms with Crippen molar-refractivity contribution < 1.29 is 17.6 Å². The van der Waals surface area contributed by atoms with Crippen LogP contribution >= 0.6 is 11.6 Å². The van der Waals surface area contributed by atoms with Gasteiger partial charge in [-0.25, -0.2) is 12.8 Å². The minimum absolute atomic E-state index is 0.0145. The fraction of sp³-hybridized carbons (Fsp3) is 0.316. The number of nitrogens with zero attached hydrogens (tertiary/aromatic N) is 1. The smallest absolute Gasteiger partial charge is 0.253 e. The molecule has 0 spiro atoms. The van der Waals surface area contributed by atoms with Gasteiger partial charge < -0.3 is 5.32 Å². The lowest BCUT2D eigenvalue weighted by molar-refractivity contribution is 0.0939. The molecule has 0 fully saturated rings. The molecule has 0 aliphatic heterocycles. The van der Waals surface area contributed by atoms with Crippen LogP contribution in [0.5, 0.6) is 0 Å². The molecule has 1 N–H and O–H groups in total. The molecule has 0 unspecified atom stereocenters. The van der Waals surface area contributed by atoms with Crippen molar-refractivity contribution in [3.63, 3.8) is 0 Å². The summed E-state index contributed by atoms with van der Waals surface area (Å²) in [5, 5.41) is 2.78. The first-order chi connectivity index (χ1) is 12.7. The highest BCUT2D eigenvalue weighted by Gasteiger charge is 2.24. The monoisotopic (exact) mass is 412 g/mol. The maximum Gasteiger partial charge on any atom is 0.253 e. The molecule has 1 atom stereocenters. The van der Waals surface area contributed by atoms with Crippen LogP contribution in [0.4, 0.5) is 4.39 Å². The molecule has 5 nitrogen and oxygen atoms in total. The first-order valence-corrected chi connectivity index (χ1v) is 10.4. The molecule has 2 aromatic rings. The number of hydrogen-bond acceptors (Lipinski definition) is 3. The number of carbonyl (C=O) groups excluding carboxylic acids is 1. The molecule has 2 rings (SSSR count). The normalized spacial score (nSPS) is 12.8. The van der Waals surface area contributed by atoms with Gasteiger partial charge in [-0.1, -0.05) is 43.6 Å². The van der Waals surface area contributed by atoms with E-state index in [-0.39, 0.29) is 15.5 Å². The van der Waals surface area contributed by atoms with E-state index in [2.05, 4.69) is 5.32 Å². The van der Waals surface area contributed by atoms with Gasteiger partial charge in [0.05, 0.1) is 21.5 Å². The Morgan fingerprint density at radius 1 is 1.19 bits per heavy atom. The van der Waals surface area contributed by atoms with Crippen molar-refractivity contribution in [2.75, 3.05) is 13.1 Å².